The summed E-state index contributed by atoms with van der Waals surface area (Å²) in [7, 11) is 0. The van der Waals surface area contributed by atoms with Crippen molar-refractivity contribution in [2.75, 3.05) is 5.32 Å². The molecular weight excluding hydrogens is 276 g/mol. The van der Waals surface area contributed by atoms with E-state index in [4.69, 9.17) is 4.42 Å². The van der Waals surface area contributed by atoms with Crippen molar-refractivity contribution in [3.8, 4) is 11.3 Å². The first-order valence-electron chi connectivity index (χ1n) is 7.05. The Balaban J connectivity index is 1.69. The smallest absolute Gasteiger partial charge is 0.228 e. The highest BCUT2D eigenvalue weighted by atomic mass is 16.3. The summed E-state index contributed by atoms with van der Waals surface area (Å²) in [5.74, 6) is 0.633. The number of nitrogens with zero attached hydrogens (tertiary/aromatic N) is 1. The largest absolute Gasteiger partial charge is 0.444 e. The van der Waals surface area contributed by atoms with E-state index in [1.165, 1.54) is 12.0 Å². The quantitative estimate of drug-likeness (QED) is 0.795. The van der Waals surface area contributed by atoms with Crippen LogP contribution in [0.5, 0.6) is 0 Å². The van der Waals surface area contributed by atoms with E-state index in [0.29, 0.717) is 12.2 Å². The lowest BCUT2D eigenvalue weighted by Crippen LogP contribution is -2.14. The molecule has 0 aliphatic rings. The molecule has 1 N–H and O–H groups in total. The number of carbonyl (C=O) groups excluding carboxylic acids is 1. The van der Waals surface area contributed by atoms with Gasteiger partial charge in [0.15, 0.2) is 12.2 Å². The van der Waals surface area contributed by atoms with Crippen LogP contribution in [-0.2, 0) is 11.2 Å². The van der Waals surface area contributed by atoms with Crippen molar-refractivity contribution in [1.29, 1.82) is 0 Å². The third kappa shape index (κ3) is 3.41. The summed E-state index contributed by atoms with van der Waals surface area (Å²) in [5, 5.41) is 2.91. The van der Waals surface area contributed by atoms with Crippen LogP contribution in [0.3, 0.4) is 0 Å². The highest BCUT2D eigenvalue weighted by molar-refractivity contribution is 5.92. The molecule has 0 aliphatic heterocycles. The van der Waals surface area contributed by atoms with Crippen LogP contribution in [0, 0.1) is 6.92 Å². The molecule has 1 aromatic heterocycles. The normalized spacial score (nSPS) is 10.4. The van der Waals surface area contributed by atoms with Crippen LogP contribution in [0.25, 0.3) is 11.3 Å². The second-order valence-corrected chi connectivity index (χ2v) is 5.16. The Morgan fingerprint density at radius 1 is 1.18 bits per heavy atom. The lowest BCUT2D eigenvalue weighted by Gasteiger charge is -2.07. The summed E-state index contributed by atoms with van der Waals surface area (Å²) in [6.07, 6.45) is 3.39. The summed E-state index contributed by atoms with van der Waals surface area (Å²) < 4.78 is 5.26. The number of rotatable bonds is 4. The minimum Gasteiger partial charge on any atom is -0.444 e. The molecule has 3 aromatic rings. The van der Waals surface area contributed by atoms with E-state index in [1.807, 2.05) is 55.5 Å². The van der Waals surface area contributed by atoms with Crippen LogP contribution in [0.4, 0.5) is 5.69 Å². The maximum Gasteiger partial charge on any atom is 0.228 e. The van der Waals surface area contributed by atoms with Gasteiger partial charge in [-0.2, -0.15) is 0 Å². The fraction of sp³-hybridized carbons (Fsp3) is 0.111. The van der Waals surface area contributed by atoms with Crippen LogP contribution in [0.1, 0.15) is 11.1 Å². The van der Waals surface area contributed by atoms with E-state index >= 15 is 0 Å². The van der Waals surface area contributed by atoms with Crippen molar-refractivity contribution >= 4 is 11.6 Å². The van der Waals surface area contributed by atoms with E-state index in [-0.39, 0.29) is 5.91 Å². The van der Waals surface area contributed by atoms with Gasteiger partial charge in [-0.25, -0.2) is 4.98 Å². The molecule has 0 bridgehead atoms. The molecule has 0 fully saturated rings. The average Bonchev–Trinajstić information content (AvgIpc) is 3.04. The zero-order valence-corrected chi connectivity index (χ0v) is 12.2. The Morgan fingerprint density at radius 3 is 2.73 bits per heavy atom. The Morgan fingerprint density at radius 2 is 2.00 bits per heavy atom. The van der Waals surface area contributed by atoms with Crippen molar-refractivity contribution in [3.63, 3.8) is 0 Å². The van der Waals surface area contributed by atoms with Crippen LogP contribution in [-0.4, -0.2) is 10.9 Å². The van der Waals surface area contributed by atoms with Gasteiger partial charge >= 0.3 is 0 Å². The monoisotopic (exact) mass is 292 g/mol. The van der Waals surface area contributed by atoms with E-state index < -0.39 is 0 Å². The van der Waals surface area contributed by atoms with Gasteiger partial charge in [0.1, 0.15) is 0 Å². The Kier molecular flexibility index (Phi) is 4.01. The zero-order valence-electron chi connectivity index (χ0n) is 12.2. The third-order valence-corrected chi connectivity index (χ3v) is 3.35. The number of oxazole rings is 1. The number of benzene rings is 2. The molecule has 0 spiro atoms. The number of aryl methyl sites for hydroxylation is 1. The zero-order chi connectivity index (χ0) is 15.4. The standard InChI is InChI=1S/C18H16N2O2/c1-13-5-7-14(8-6-13)9-18(21)20-16-4-2-3-15(10-16)17-11-19-12-22-17/h2-8,10-12H,9H2,1H3,(H,20,21). The Labute approximate surface area is 128 Å². The van der Waals surface area contributed by atoms with Crippen LogP contribution in [0.2, 0.25) is 0 Å². The maximum absolute atomic E-state index is 12.1. The predicted octanol–water partition coefficient (Wildman–Crippen LogP) is 3.83. The maximum atomic E-state index is 12.1. The van der Waals surface area contributed by atoms with Gasteiger partial charge < -0.3 is 9.73 Å². The summed E-state index contributed by atoms with van der Waals surface area (Å²) in [4.78, 5) is 16.0. The molecule has 0 aliphatic carbocycles. The van der Waals surface area contributed by atoms with Gasteiger partial charge in [-0.3, -0.25) is 4.79 Å². The van der Waals surface area contributed by atoms with E-state index in [1.54, 1.807) is 6.20 Å². The van der Waals surface area contributed by atoms with Crippen LogP contribution >= 0.6 is 0 Å². The number of aromatic nitrogens is 1. The predicted molar refractivity (Wildman–Crippen MR) is 85.5 cm³/mol. The molecule has 22 heavy (non-hydrogen) atoms. The van der Waals surface area contributed by atoms with Gasteiger partial charge in [0.2, 0.25) is 5.91 Å². The van der Waals surface area contributed by atoms with Crippen LogP contribution < -0.4 is 5.32 Å². The second kappa shape index (κ2) is 6.26. The molecule has 0 atom stereocenters. The topological polar surface area (TPSA) is 55.1 Å². The van der Waals surface area contributed by atoms with Crippen molar-refractivity contribution < 1.29 is 9.21 Å². The molecular formula is C18H16N2O2. The van der Waals surface area contributed by atoms with Gasteiger partial charge in [-0.05, 0) is 24.6 Å². The first-order valence-corrected chi connectivity index (χ1v) is 7.05. The summed E-state index contributed by atoms with van der Waals surface area (Å²) >= 11 is 0. The van der Waals surface area contributed by atoms with E-state index in [9.17, 15) is 4.79 Å². The number of nitrogens with one attached hydrogen (secondary N) is 1. The number of hydrogen-bond donors (Lipinski definition) is 1. The summed E-state index contributed by atoms with van der Waals surface area (Å²) in [5.41, 5.74) is 3.80. The highest BCUT2D eigenvalue weighted by Gasteiger charge is 2.06. The van der Waals surface area contributed by atoms with Gasteiger partial charge in [-0.1, -0.05) is 42.0 Å². The molecule has 0 saturated carbocycles. The Bertz CT molecular complexity index is 762. The number of anilines is 1. The third-order valence-electron chi connectivity index (χ3n) is 3.35. The molecule has 4 heteroatoms. The van der Waals surface area contributed by atoms with Gasteiger partial charge in [0, 0.05) is 11.3 Å². The van der Waals surface area contributed by atoms with Crippen molar-refractivity contribution in [1.82, 2.24) is 4.98 Å². The lowest BCUT2D eigenvalue weighted by molar-refractivity contribution is -0.115. The second-order valence-electron chi connectivity index (χ2n) is 5.16. The van der Waals surface area contributed by atoms with E-state index in [2.05, 4.69) is 10.3 Å². The fourth-order valence-electron chi connectivity index (χ4n) is 2.21. The van der Waals surface area contributed by atoms with Gasteiger partial charge in [-0.15, -0.1) is 0 Å². The molecule has 0 radical (unpaired) electrons. The molecule has 1 heterocycles. The summed E-state index contributed by atoms with van der Waals surface area (Å²) in [6.45, 7) is 2.03. The molecule has 4 nitrogen and oxygen atoms in total. The molecule has 0 saturated heterocycles. The highest BCUT2D eigenvalue weighted by Crippen LogP contribution is 2.22. The number of amides is 1. The van der Waals surface area contributed by atoms with Crippen molar-refractivity contribution in [3.05, 3.63) is 72.2 Å². The minimum atomic E-state index is -0.0430. The molecule has 110 valence electrons. The van der Waals surface area contributed by atoms with Gasteiger partial charge in [0.05, 0.1) is 12.6 Å². The molecule has 3 rings (SSSR count). The van der Waals surface area contributed by atoms with E-state index in [0.717, 1.165) is 16.8 Å². The molecule has 1 amide bonds. The fourth-order valence-corrected chi connectivity index (χ4v) is 2.21. The van der Waals surface area contributed by atoms with Crippen molar-refractivity contribution in [2.24, 2.45) is 0 Å². The molecule has 2 aromatic carbocycles. The van der Waals surface area contributed by atoms with Crippen LogP contribution in [0.15, 0.2) is 65.5 Å². The van der Waals surface area contributed by atoms with Crippen molar-refractivity contribution in [2.45, 2.75) is 13.3 Å². The first kappa shape index (κ1) is 14.1. The average molecular weight is 292 g/mol. The number of carbonyl (C=O) groups is 1. The minimum absolute atomic E-state index is 0.0430. The Hall–Kier alpha value is -2.88. The SMILES string of the molecule is Cc1ccc(CC(=O)Nc2cccc(-c3cnco3)c2)cc1. The first-order chi connectivity index (χ1) is 10.7. The summed E-state index contributed by atoms with van der Waals surface area (Å²) in [6, 6.07) is 15.5. The number of hydrogen-bond acceptors (Lipinski definition) is 3. The van der Waals surface area contributed by atoms with Gasteiger partial charge in [0.25, 0.3) is 0 Å². The lowest BCUT2D eigenvalue weighted by atomic mass is 10.1. The molecule has 0 unspecified atom stereocenters.